The van der Waals surface area contributed by atoms with Gasteiger partial charge in [0.2, 0.25) is 15.8 Å². The minimum Gasteiger partial charge on any atom is -0.726 e. The molecule has 9 atom stereocenters. The lowest BCUT2D eigenvalue weighted by molar-refractivity contribution is -0.119. The highest BCUT2D eigenvalue weighted by atomic mass is 32.3. The van der Waals surface area contributed by atoms with Crippen LogP contribution in [0, 0.1) is 0 Å². The summed E-state index contributed by atoms with van der Waals surface area (Å²) in [5, 5.41) is 75.9. The van der Waals surface area contributed by atoms with E-state index < -0.39 is 81.8 Å². The number of hydrogen-bond donors (Lipinski definition) is 8. The molecular formula is C11H22O12S2. The van der Waals surface area contributed by atoms with Gasteiger partial charge in [0.25, 0.3) is 0 Å². The van der Waals surface area contributed by atoms with Crippen molar-refractivity contribution in [2.75, 3.05) is 19.0 Å². The van der Waals surface area contributed by atoms with Crippen molar-refractivity contribution < 1.29 is 58.0 Å². The summed E-state index contributed by atoms with van der Waals surface area (Å²) in [5.41, 5.74) is -1.92. The van der Waals surface area contributed by atoms with Crippen molar-refractivity contribution in [3.05, 3.63) is 0 Å². The topological polar surface area (TPSA) is 228 Å². The highest BCUT2D eigenvalue weighted by molar-refractivity contribution is 7.98. The zero-order valence-electron chi connectivity index (χ0n) is 12.8. The Kier molecular flexibility index (Phi) is 8.45. The van der Waals surface area contributed by atoms with Crippen molar-refractivity contribution >= 4 is 21.3 Å². The summed E-state index contributed by atoms with van der Waals surface area (Å²) in [7, 11) is -6.93. The minimum atomic E-state index is -5.47. The second-order valence-electron chi connectivity index (χ2n) is 5.51. The molecule has 150 valence electrons. The number of hydrogen-bond acceptors (Lipinski definition) is 12. The first kappa shape index (κ1) is 22.9. The Morgan fingerprint density at radius 1 is 1.12 bits per heavy atom. The van der Waals surface area contributed by atoms with Gasteiger partial charge in [0.1, 0.15) is 36.3 Å². The van der Waals surface area contributed by atoms with E-state index in [1.165, 1.54) is 0 Å². The predicted molar refractivity (Wildman–Crippen MR) is 80.8 cm³/mol. The van der Waals surface area contributed by atoms with Crippen LogP contribution in [0.25, 0.3) is 0 Å². The maximum atomic E-state index is 10.8. The molecule has 0 saturated carbocycles. The first-order valence-electron chi connectivity index (χ1n) is 7.07. The summed E-state index contributed by atoms with van der Waals surface area (Å²) in [6.07, 6.45) is -11.6. The van der Waals surface area contributed by atoms with E-state index >= 15 is 0 Å². The molecule has 0 aromatic rings. The summed E-state index contributed by atoms with van der Waals surface area (Å²) >= 11 is 0. The van der Waals surface area contributed by atoms with Crippen LogP contribution in [-0.2, 0) is 25.5 Å². The van der Waals surface area contributed by atoms with E-state index in [-0.39, 0.29) is 5.75 Å². The molecule has 1 aliphatic rings. The fraction of sp³-hybridized carbons (Fsp3) is 1.00. The molecule has 2 unspecified atom stereocenters. The second kappa shape index (κ2) is 9.20. The third kappa shape index (κ3) is 5.69. The third-order valence-corrected chi connectivity index (χ3v) is 7.08. The minimum absolute atomic E-state index is 0.250. The molecule has 0 aromatic heterocycles. The molecule has 14 heteroatoms. The van der Waals surface area contributed by atoms with Gasteiger partial charge in [-0.1, -0.05) is 0 Å². The lowest BCUT2D eigenvalue weighted by Gasteiger charge is -2.32. The molecule has 0 aliphatic carbocycles. The molecule has 1 rings (SSSR count). The molecule has 12 nitrogen and oxygen atoms in total. The molecule has 8 N–H and O–H groups in total. The molecule has 1 saturated heterocycles. The van der Waals surface area contributed by atoms with Crippen LogP contribution in [0.1, 0.15) is 0 Å². The van der Waals surface area contributed by atoms with Crippen LogP contribution in [-0.4, -0.2) is 120 Å². The normalized spacial score (nSPS) is 33.6. The van der Waals surface area contributed by atoms with E-state index in [4.69, 9.17) is 5.11 Å². The Labute approximate surface area is 146 Å². The van der Waals surface area contributed by atoms with Gasteiger partial charge in [0.15, 0.2) is 11.4 Å². The van der Waals surface area contributed by atoms with Gasteiger partial charge >= 0.3 is 0 Å². The van der Waals surface area contributed by atoms with Crippen LogP contribution >= 0.6 is 0 Å². The SMILES string of the molecule is O=S(=O)([O-])O[C@@H]([C@H](O)[C@H](O)CO)[C@@H](O)C(O)[S+]1C[C@@H](O)[C@H](O)[C@H]1CO. The van der Waals surface area contributed by atoms with E-state index in [0.717, 1.165) is 0 Å². The number of aliphatic hydroxyl groups is 8. The standard InChI is InChI=1S/C11H22O12S2/c12-1-4(14)8(17)10(23-25(20,21)22)9(18)11(19)24-3-5(15)7(16)6(24)2-13/h4-19H,1-3H2/t4-,5-,6-,7+,8-,9-,10+,11?,24?/m1/s1. The summed E-state index contributed by atoms with van der Waals surface area (Å²) in [6.45, 7) is -1.73. The Balaban J connectivity index is 3.04. The van der Waals surface area contributed by atoms with Crippen LogP contribution in [0.2, 0.25) is 0 Å². The Hall–Kier alpha value is -0.100. The molecule has 1 aliphatic heterocycles. The van der Waals surface area contributed by atoms with Crippen LogP contribution in [0.3, 0.4) is 0 Å². The van der Waals surface area contributed by atoms with Gasteiger partial charge in [0.05, 0.1) is 13.2 Å². The van der Waals surface area contributed by atoms with Gasteiger partial charge in [-0.2, -0.15) is 0 Å². The van der Waals surface area contributed by atoms with Crippen LogP contribution in [0.4, 0.5) is 0 Å². The molecule has 0 spiro atoms. The Bertz CT molecular complexity index is 515. The average Bonchev–Trinajstić information content (AvgIpc) is 2.83. The maximum Gasteiger partial charge on any atom is 0.245 e. The average molecular weight is 410 g/mol. The van der Waals surface area contributed by atoms with Crippen molar-refractivity contribution in [2.24, 2.45) is 0 Å². The van der Waals surface area contributed by atoms with Gasteiger partial charge in [-0.3, -0.25) is 4.18 Å². The molecule has 25 heavy (non-hydrogen) atoms. The third-order valence-electron chi connectivity index (χ3n) is 3.79. The van der Waals surface area contributed by atoms with Gasteiger partial charge in [-0.15, -0.1) is 0 Å². The quantitative estimate of drug-likeness (QED) is 0.101. The van der Waals surface area contributed by atoms with Gasteiger partial charge < -0.3 is 45.4 Å². The van der Waals surface area contributed by atoms with Gasteiger partial charge in [-0.25, -0.2) is 8.42 Å². The first-order valence-corrected chi connectivity index (χ1v) is 9.92. The second-order valence-corrected chi connectivity index (χ2v) is 8.88. The maximum absolute atomic E-state index is 10.8. The first-order chi connectivity index (χ1) is 11.4. The van der Waals surface area contributed by atoms with Crippen LogP contribution in [0.5, 0.6) is 0 Å². The highest BCUT2D eigenvalue weighted by Crippen LogP contribution is 2.30. The van der Waals surface area contributed by atoms with Crippen molar-refractivity contribution in [3.8, 4) is 0 Å². The van der Waals surface area contributed by atoms with E-state index in [0.29, 0.717) is 0 Å². The van der Waals surface area contributed by atoms with Crippen molar-refractivity contribution in [2.45, 2.75) is 47.3 Å². The molecular weight excluding hydrogens is 388 g/mol. The molecule has 0 bridgehead atoms. The fourth-order valence-corrected chi connectivity index (χ4v) is 5.59. The number of aliphatic hydroxyl groups excluding tert-OH is 8. The van der Waals surface area contributed by atoms with Gasteiger partial charge in [-0.05, 0) is 0 Å². The zero-order valence-corrected chi connectivity index (χ0v) is 14.4. The zero-order chi connectivity index (χ0) is 19.5. The van der Waals surface area contributed by atoms with Crippen LogP contribution in [0.15, 0.2) is 0 Å². The smallest absolute Gasteiger partial charge is 0.245 e. The summed E-state index contributed by atoms with van der Waals surface area (Å²) in [4.78, 5) is 0. The van der Waals surface area contributed by atoms with Crippen LogP contribution < -0.4 is 0 Å². The number of rotatable bonds is 9. The summed E-state index contributed by atoms with van der Waals surface area (Å²) in [6, 6.07) is 0. The predicted octanol–water partition coefficient (Wildman–Crippen LogP) is -6.06. The monoisotopic (exact) mass is 410 g/mol. The van der Waals surface area contributed by atoms with E-state index in [2.05, 4.69) is 4.18 Å². The molecule has 0 radical (unpaired) electrons. The lowest BCUT2D eigenvalue weighted by atomic mass is 10.0. The molecule has 1 heterocycles. The summed E-state index contributed by atoms with van der Waals surface area (Å²) < 4.78 is 36.3. The van der Waals surface area contributed by atoms with Crippen molar-refractivity contribution in [3.63, 3.8) is 0 Å². The van der Waals surface area contributed by atoms with Crippen molar-refractivity contribution in [1.82, 2.24) is 0 Å². The Morgan fingerprint density at radius 2 is 1.68 bits per heavy atom. The molecule has 0 aromatic carbocycles. The Morgan fingerprint density at radius 3 is 2.12 bits per heavy atom. The van der Waals surface area contributed by atoms with E-state index in [9.17, 15) is 48.7 Å². The van der Waals surface area contributed by atoms with Crippen molar-refractivity contribution in [1.29, 1.82) is 0 Å². The van der Waals surface area contributed by atoms with E-state index in [1.54, 1.807) is 0 Å². The summed E-state index contributed by atoms with van der Waals surface area (Å²) in [5.74, 6) is -0.250. The molecule has 1 fully saturated rings. The fourth-order valence-electron chi connectivity index (χ4n) is 2.45. The van der Waals surface area contributed by atoms with Gasteiger partial charge in [0, 0.05) is 10.9 Å². The van der Waals surface area contributed by atoms with E-state index in [1.807, 2.05) is 0 Å². The highest BCUT2D eigenvalue weighted by Gasteiger charge is 2.56. The lowest BCUT2D eigenvalue weighted by Crippen LogP contribution is -2.55. The molecule has 0 amide bonds. The largest absolute Gasteiger partial charge is 0.726 e.